The number of fused-ring (bicyclic) bond motifs is 3. The first-order valence-electron chi connectivity index (χ1n) is 15.8. The number of halogens is 2. The smallest absolute Gasteiger partial charge is 0.318 e. The van der Waals surface area contributed by atoms with Gasteiger partial charge in [-0.1, -0.05) is 13.0 Å². The van der Waals surface area contributed by atoms with Gasteiger partial charge in [-0.2, -0.15) is 9.97 Å². The van der Waals surface area contributed by atoms with E-state index in [-0.39, 0.29) is 47.6 Å². The number of aromatic nitrogens is 2. The van der Waals surface area contributed by atoms with Gasteiger partial charge in [-0.15, -0.1) is 0 Å². The van der Waals surface area contributed by atoms with E-state index in [1.165, 1.54) is 12.1 Å². The monoisotopic (exact) mass is 605 g/mol. The summed E-state index contributed by atoms with van der Waals surface area (Å²) in [7, 11) is 0. The van der Waals surface area contributed by atoms with Crippen LogP contribution in [0.1, 0.15) is 60.6 Å². The quantitative estimate of drug-likeness (QED) is 0.430. The summed E-state index contributed by atoms with van der Waals surface area (Å²) in [5, 5.41) is 11.9. The maximum atomic E-state index is 15.0. The molecule has 4 saturated heterocycles. The predicted molar refractivity (Wildman–Crippen MR) is 161 cm³/mol. The first-order valence-corrected chi connectivity index (χ1v) is 15.8. The molecule has 0 aliphatic carbocycles. The molecule has 232 valence electrons. The Morgan fingerprint density at radius 1 is 1.16 bits per heavy atom. The van der Waals surface area contributed by atoms with Crippen molar-refractivity contribution in [1.29, 1.82) is 0 Å². The lowest BCUT2D eigenvalue weighted by Crippen LogP contribution is -2.54. The number of carbonyl (C=O) groups excluding carboxylic acids is 1. The van der Waals surface area contributed by atoms with E-state index >= 15 is 0 Å². The van der Waals surface area contributed by atoms with Gasteiger partial charge in [-0.05, 0) is 61.7 Å². The number of anilines is 2. The molecule has 0 saturated carbocycles. The minimum absolute atomic E-state index is 0.00805. The van der Waals surface area contributed by atoms with E-state index in [2.05, 4.69) is 9.80 Å². The first kappa shape index (κ1) is 27.9. The fourth-order valence-corrected chi connectivity index (χ4v) is 8.35. The predicted octanol–water partition coefficient (Wildman–Crippen LogP) is 4.77. The zero-order valence-electron chi connectivity index (χ0n) is 25.0. The summed E-state index contributed by atoms with van der Waals surface area (Å²) in [6.45, 7) is 6.40. The van der Waals surface area contributed by atoms with Gasteiger partial charge in [0.25, 0.3) is 5.91 Å². The summed E-state index contributed by atoms with van der Waals surface area (Å²) >= 11 is 0. The third-order valence-electron chi connectivity index (χ3n) is 10.5. The molecule has 9 nitrogen and oxygen atoms in total. The zero-order valence-corrected chi connectivity index (χ0v) is 25.0. The van der Waals surface area contributed by atoms with Gasteiger partial charge in [0.2, 0.25) is 0 Å². The molecule has 44 heavy (non-hydrogen) atoms. The van der Waals surface area contributed by atoms with Crippen LogP contribution in [0.25, 0.3) is 10.8 Å². The highest BCUT2D eigenvalue weighted by Gasteiger charge is 2.50. The maximum Gasteiger partial charge on any atom is 0.318 e. The fraction of sp³-hybridized carbons (Fsp3) is 0.545. The Hall–Kier alpha value is -3.57. The molecule has 0 radical (unpaired) electrons. The summed E-state index contributed by atoms with van der Waals surface area (Å²) in [5.41, 5.74) is 1.55. The van der Waals surface area contributed by atoms with Crippen molar-refractivity contribution in [2.24, 2.45) is 5.41 Å². The second-order valence-electron chi connectivity index (χ2n) is 13.4. The SMILES string of the molecule is CCc1c(F)ccc2cc(O)cc(N3Cc4nc(OC[C@@]56CCCN5C[C@H](F)C6)nc(N5CCCC6(COC6)C5)c4C3=O)c12. The number of aromatic hydroxyl groups is 1. The first-order chi connectivity index (χ1) is 21.3. The van der Waals surface area contributed by atoms with Crippen LogP contribution < -0.4 is 14.5 Å². The molecule has 1 aromatic heterocycles. The molecule has 1 spiro atoms. The Labute approximate surface area is 254 Å². The van der Waals surface area contributed by atoms with Gasteiger partial charge in [0.15, 0.2) is 0 Å². The molecule has 1 N–H and O–H groups in total. The number of amides is 1. The van der Waals surface area contributed by atoms with Crippen molar-refractivity contribution in [1.82, 2.24) is 14.9 Å². The molecule has 8 rings (SSSR count). The van der Waals surface area contributed by atoms with E-state index in [0.717, 1.165) is 38.8 Å². The molecule has 2 atom stereocenters. The number of carbonyl (C=O) groups is 1. The van der Waals surface area contributed by atoms with Crippen LogP contribution in [0.15, 0.2) is 24.3 Å². The summed E-state index contributed by atoms with van der Waals surface area (Å²) in [4.78, 5) is 29.9. The lowest BCUT2D eigenvalue weighted by molar-refractivity contribution is -0.117. The van der Waals surface area contributed by atoms with Crippen molar-refractivity contribution in [3.63, 3.8) is 0 Å². The van der Waals surface area contributed by atoms with Crippen LogP contribution in [0.4, 0.5) is 20.3 Å². The number of nitrogens with zero attached hydrogens (tertiary/aromatic N) is 5. The lowest BCUT2D eigenvalue weighted by Gasteiger charge is -2.48. The van der Waals surface area contributed by atoms with Crippen molar-refractivity contribution < 1.29 is 28.2 Å². The summed E-state index contributed by atoms with van der Waals surface area (Å²) in [5.74, 6) is -0.117. The van der Waals surface area contributed by atoms with E-state index in [9.17, 15) is 18.7 Å². The molecule has 4 fully saturated rings. The van der Waals surface area contributed by atoms with Crippen molar-refractivity contribution in [2.45, 2.75) is 63.7 Å². The van der Waals surface area contributed by atoms with Crippen LogP contribution in [-0.4, -0.2) is 83.6 Å². The molecular weight excluding hydrogens is 568 g/mol. The third-order valence-corrected chi connectivity index (χ3v) is 10.5. The summed E-state index contributed by atoms with van der Waals surface area (Å²) in [6, 6.07) is 6.32. The summed E-state index contributed by atoms with van der Waals surface area (Å²) < 4.78 is 41.3. The van der Waals surface area contributed by atoms with Crippen LogP contribution in [-0.2, 0) is 17.7 Å². The van der Waals surface area contributed by atoms with Crippen molar-refractivity contribution in [2.75, 3.05) is 55.8 Å². The van der Waals surface area contributed by atoms with Crippen molar-refractivity contribution in [3.8, 4) is 11.8 Å². The molecule has 2 aromatic carbocycles. The van der Waals surface area contributed by atoms with Gasteiger partial charge in [0.1, 0.15) is 35.7 Å². The summed E-state index contributed by atoms with van der Waals surface area (Å²) in [6.07, 6.45) is 3.87. The minimum Gasteiger partial charge on any atom is -0.508 e. The molecule has 11 heteroatoms. The number of hydrogen-bond donors (Lipinski definition) is 1. The number of piperidine rings is 1. The number of ether oxygens (including phenoxy) is 2. The number of phenolic OH excluding ortho intramolecular Hbond substituents is 1. The molecule has 5 aliphatic rings. The van der Waals surface area contributed by atoms with Gasteiger partial charge in [0.05, 0.1) is 36.7 Å². The largest absolute Gasteiger partial charge is 0.508 e. The van der Waals surface area contributed by atoms with E-state index in [1.54, 1.807) is 17.0 Å². The van der Waals surface area contributed by atoms with Crippen molar-refractivity contribution >= 4 is 28.2 Å². The van der Waals surface area contributed by atoms with E-state index in [1.807, 2.05) is 6.92 Å². The number of hydrogen-bond acceptors (Lipinski definition) is 8. The molecule has 0 unspecified atom stereocenters. The molecule has 1 amide bonds. The Kier molecular flexibility index (Phi) is 6.50. The highest BCUT2D eigenvalue weighted by molar-refractivity contribution is 6.16. The number of rotatable bonds is 6. The average Bonchev–Trinajstić information content (AvgIpc) is 3.64. The Morgan fingerprint density at radius 3 is 2.80 bits per heavy atom. The molecule has 6 heterocycles. The molecule has 3 aromatic rings. The van der Waals surface area contributed by atoms with Crippen LogP contribution in [0, 0.1) is 11.2 Å². The van der Waals surface area contributed by atoms with E-state index in [4.69, 9.17) is 19.4 Å². The highest BCUT2D eigenvalue weighted by Crippen LogP contribution is 2.44. The minimum atomic E-state index is -0.870. The van der Waals surface area contributed by atoms with Gasteiger partial charge < -0.3 is 24.4 Å². The molecular formula is C33H37F2N5O4. The Bertz CT molecular complexity index is 1670. The number of phenols is 1. The molecule has 0 bridgehead atoms. The van der Waals surface area contributed by atoms with Crippen LogP contribution >= 0.6 is 0 Å². The van der Waals surface area contributed by atoms with Gasteiger partial charge >= 0.3 is 6.01 Å². The van der Waals surface area contributed by atoms with Crippen LogP contribution in [0.5, 0.6) is 11.8 Å². The molecule has 5 aliphatic heterocycles. The lowest BCUT2D eigenvalue weighted by atomic mass is 9.78. The van der Waals surface area contributed by atoms with Crippen LogP contribution in [0.3, 0.4) is 0 Å². The average molecular weight is 606 g/mol. The van der Waals surface area contributed by atoms with Gasteiger partial charge in [-0.25, -0.2) is 8.78 Å². The second kappa shape index (κ2) is 10.2. The van der Waals surface area contributed by atoms with E-state index in [0.29, 0.717) is 78.2 Å². The second-order valence-corrected chi connectivity index (χ2v) is 13.4. The van der Waals surface area contributed by atoms with E-state index < -0.39 is 6.17 Å². The maximum absolute atomic E-state index is 15.0. The Balaban J connectivity index is 1.20. The van der Waals surface area contributed by atoms with Gasteiger partial charge in [-0.3, -0.25) is 9.69 Å². The highest BCUT2D eigenvalue weighted by atomic mass is 19.1. The topological polar surface area (TPSA) is 91.3 Å². The normalized spacial score (nSPS) is 26.0. The Morgan fingerprint density at radius 2 is 2.00 bits per heavy atom. The third kappa shape index (κ3) is 4.34. The standard InChI is InChI=1S/C33H37F2N5O4/c1-2-23-24(35)6-5-20-11-22(41)12-26(27(20)23)40-15-25-28(30(40)42)29(38-9-3-7-32(16-38)17-43-18-32)37-31(36-25)44-19-33-8-4-10-39(33)14-21(34)13-33/h5-6,11-12,21,41H,2-4,7-10,13-19H2,1H3/t21-,33+/m1/s1. The van der Waals surface area contributed by atoms with Crippen LogP contribution in [0.2, 0.25) is 0 Å². The zero-order chi connectivity index (χ0) is 30.2. The fourth-order valence-electron chi connectivity index (χ4n) is 8.35. The number of alkyl halides is 1. The number of aryl methyl sites for hydroxylation is 1. The van der Waals surface area contributed by atoms with Crippen molar-refractivity contribution in [3.05, 3.63) is 46.9 Å². The van der Waals surface area contributed by atoms with Gasteiger partial charge in [0, 0.05) is 42.9 Å². The number of benzene rings is 2.